The van der Waals surface area contributed by atoms with E-state index in [1.165, 1.54) is 32.5 Å². The van der Waals surface area contributed by atoms with Crippen molar-refractivity contribution in [3.63, 3.8) is 0 Å². The summed E-state index contributed by atoms with van der Waals surface area (Å²) < 4.78 is 0. The molecule has 12 heavy (non-hydrogen) atoms. The molecule has 0 aromatic heterocycles. The van der Waals surface area contributed by atoms with Crippen LogP contribution in [0.5, 0.6) is 0 Å². The molecular weight excluding hydrogens is 148 g/mol. The molecule has 0 aliphatic carbocycles. The van der Waals surface area contributed by atoms with Gasteiger partial charge in [-0.2, -0.15) is 0 Å². The third-order valence-corrected chi connectivity index (χ3v) is 3.57. The summed E-state index contributed by atoms with van der Waals surface area (Å²) in [5.74, 6) is 0. The number of rotatable bonds is 1. The van der Waals surface area contributed by atoms with Crippen LogP contribution in [0.2, 0.25) is 0 Å². The van der Waals surface area contributed by atoms with E-state index in [0.717, 1.165) is 6.04 Å². The van der Waals surface area contributed by atoms with Crippen molar-refractivity contribution in [2.24, 2.45) is 0 Å². The number of hydrogen-bond acceptors (Lipinski definition) is 2. The third kappa shape index (κ3) is 1.09. The van der Waals surface area contributed by atoms with Crippen molar-refractivity contribution in [3.05, 3.63) is 0 Å². The molecule has 0 bridgehead atoms. The molecule has 70 valence electrons. The van der Waals surface area contributed by atoms with Crippen LogP contribution >= 0.6 is 0 Å². The van der Waals surface area contributed by atoms with Crippen LogP contribution in [-0.4, -0.2) is 48.1 Å². The molecule has 1 atom stereocenters. The zero-order chi connectivity index (χ0) is 8.77. The van der Waals surface area contributed by atoms with E-state index >= 15 is 0 Å². The lowest BCUT2D eigenvalue weighted by Gasteiger charge is -2.53. The highest BCUT2D eigenvalue weighted by Crippen LogP contribution is 2.39. The lowest BCUT2D eigenvalue weighted by molar-refractivity contribution is -0.0307. The first-order chi connectivity index (χ1) is 5.64. The molecule has 2 nitrogen and oxygen atoms in total. The lowest BCUT2D eigenvalue weighted by atomic mass is 9.82. The summed E-state index contributed by atoms with van der Waals surface area (Å²) in [5, 5.41) is 0. The topological polar surface area (TPSA) is 6.48 Å². The summed E-state index contributed by atoms with van der Waals surface area (Å²) in [6.07, 6.45) is 2.82. The van der Waals surface area contributed by atoms with Crippen LogP contribution in [0, 0.1) is 0 Å². The summed E-state index contributed by atoms with van der Waals surface area (Å²) >= 11 is 0. The zero-order valence-electron chi connectivity index (χ0n) is 8.51. The third-order valence-electron chi connectivity index (χ3n) is 3.57. The van der Waals surface area contributed by atoms with Gasteiger partial charge in [-0.1, -0.05) is 0 Å². The minimum atomic E-state index is 0.586. The zero-order valence-corrected chi connectivity index (χ0v) is 8.51. The second-order valence-corrected chi connectivity index (χ2v) is 4.75. The van der Waals surface area contributed by atoms with Gasteiger partial charge in [-0.15, -0.1) is 0 Å². The van der Waals surface area contributed by atoms with Gasteiger partial charge < -0.3 is 4.90 Å². The van der Waals surface area contributed by atoms with Crippen molar-refractivity contribution < 1.29 is 0 Å². The normalized spacial score (nSPS) is 38.0. The highest BCUT2D eigenvalue weighted by atomic mass is 15.3. The molecule has 1 spiro atoms. The van der Waals surface area contributed by atoms with E-state index in [4.69, 9.17) is 0 Å². The van der Waals surface area contributed by atoms with Gasteiger partial charge in [0.25, 0.3) is 0 Å². The van der Waals surface area contributed by atoms with Crippen molar-refractivity contribution >= 4 is 0 Å². The predicted octanol–water partition coefficient (Wildman–Crippen LogP) is 1.17. The van der Waals surface area contributed by atoms with Gasteiger partial charge in [0.2, 0.25) is 0 Å². The van der Waals surface area contributed by atoms with Crippen LogP contribution in [0.25, 0.3) is 0 Å². The van der Waals surface area contributed by atoms with E-state index in [1.807, 2.05) is 0 Å². The first-order valence-corrected chi connectivity index (χ1v) is 5.09. The number of hydrogen-bond donors (Lipinski definition) is 0. The summed E-state index contributed by atoms with van der Waals surface area (Å²) in [6.45, 7) is 8.55. The fraction of sp³-hybridized carbons (Fsp3) is 1.00. The van der Waals surface area contributed by atoms with Gasteiger partial charge in [0, 0.05) is 24.7 Å². The molecule has 0 aromatic carbocycles. The second kappa shape index (κ2) is 2.71. The minimum absolute atomic E-state index is 0.586. The molecule has 2 rings (SSSR count). The summed E-state index contributed by atoms with van der Waals surface area (Å²) in [4.78, 5) is 5.14. The molecule has 0 N–H and O–H groups in total. The molecular formula is C10H20N2. The Balaban J connectivity index is 2.03. The van der Waals surface area contributed by atoms with Gasteiger partial charge in [-0.05, 0) is 40.3 Å². The van der Waals surface area contributed by atoms with Crippen LogP contribution in [0.1, 0.15) is 26.7 Å². The van der Waals surface area contributed by atoms with E-state index in [-0.39, 0.29) is 0 Å². The van der Waals surface area contributed by atoms with Gasteiger partial charge in [-0.3, -0.25) is 4.90 Å². The average Bonchev–Trinajstić information content (AvgIpc) is 2.30. The van der Waals surface area contributed by atoms with Crippen molar-refractivity contribution in [2.75, 3.05) is 26.7 Å². The van der Waals surface area contributed by atoms with Crippen LogP contribution < -0.4 is 0 Å². The maximum atomic E-state index is 2.68. The highest BCUT2D eigenvalue weighted by Gasteiger charge is 2.48. The molecule has 2 fully saturated rings. The largest absolute Gasteiger partial charge is 0.304 e. The second-order valence-electron chi connectivity index (χ2n) is 4.75. The van der Waals surface area contributed by atoms with Gasteiger partial charge in [0.1, 0.15) is 0 Å². The van der Waals surface area contributed by atoms with Crippen molar-refractivity contribution in [3.8, 4) is 0 Å². The molecule has 0 saturated carbocycles. The standard InChI is InChI=1S/C10H20N2/c1-9(2)12-7-5-10(12)4-6-11(3)8-10/h9H,4-8H2,1-3H3. The van der Waals surface area contributed by atoms with Crippen LogP contribution in [0.4, 0.5) is 0 Å². The number of likely N-dealkylation sites (N-methyl/N-ethyl adjacent to an activating group) is 1. The fourth-order valence-corrected chi connectivity index (χ4v) is 2.86. The maximum absolute atomic E-state index is 2.68. The van der Waals surface area contributed by atoms with E-state index < -0.39 is 0 Å². The monoisotopic (exact) mass is 168 g/mol. The SMILES string of the molecule is CC(C)N1CCC12CCN(C)C2. The van der Waals surface area contributed by atoms with E-state index in [9.17, 15) is 0 Å². The molecule has 2 heteroatoms. The van der Waals surface area contributed by atoms with Crippen LogP contribution in [0.15, 0.2) is 0 Å². The predicted molar refractivity (Wildman–Crippen MR) is 51.3 cm³/mol. The quantitative estimate of drug-likeness (QED) is 0.580. The Morgan fingerprint density at radius 2 is 1.83 bits per heavy atom. The Hall–Kier alpha value is -0.0800. The Morgan fingerprint density at radius 1 is 1.17 bits per heavy atom. The molecule has 1 unspecified atom stereocenters. The molecule has 2 aliphatic rings. The van der Waals surface area contributed by atoms with Gasteiger partial charge >= 0.3 is 0 Å². The van der Waals surface area contributed by atoms with Gasteiger partial charge in [-0.25, -0.2) is 0 Å². The molecule has 2 saturated heterocycles. The number of likely N-dealkylation sites (tertiary alicyclic amines) is 2. The highest BCUT2D eigenvalue weighted by molar-refractivity contribution is 5.06. The minimum Gasteiger partial charge on any atom is -0.304 e. The summed E-state index contributed by atoms with van der Waals surface area (Å²) in [6, 6.07) is 0.741. The Morgan fingerprint density at radius 3 is 2.17 bits per heavy atom. The van der Waals surface area contributed by atoms with Crippen LogP contribution in [0.3, 0.4) is 0 Å². The first-order valence-electron chi connectivity index (χ1n) is 5.09. The summed E-state index contributed by atoms with van der Waals surface area (Å²) in [5.41, 5.74) is 0.586. The van der Waals surface area contributed by atoms with E-state index in [0.29, 0.717) is 5.54 Å². The van der Waals surface area contributed by atoms with Crippen molar-refractivity contribution in [2.45, 2.75) is 38.3 Å². The molecule has 2 heterocycles. The Bertz CT molecular complexity index is 179. The fourth-order valence-electron chi connectivity index (χ4n) is 2.86. The van der Waals surface area contributed by atoms with Crippen molar-refractivity contribution in [1.29, 1.82) is 0 Å². The van der Waals surface area contributed by atoms with E-state index in [2.05, 4.69) is 30.7 Å². The summed E-state index contributed by atoms with van der Waals surface area (Å²) in [7, 11) is 2.24. The average molecular weight is 168 g/mol. The molecule has 0 amide bonds. The number of nitrogens with zero attached hydrogens (tertiary/aromatic N) is 2. The lowest BCUT2D eigenvalue weighted by Crippen LogP contribution is -2.63. The van der Waals surface area contributed by atoms with Crippen molar-refractivity contribution in [1.82, 2.24) is 9.80 Å². The first kappa shape index (κ1) is 8.52. The van der Waals surface area contributed by atoms with Gasteiger partial charge in [0.05, 0.1) is 0 Å². The van der Waals surface area contributed by atoms with Crippen LogP contribution in [-0.2, 0) is 0 Å². The molecule has 2 aliphatic heterocycles. The molecule has 0 radical (unpaired) electrons. The van der Waals surface area contributed by atoms with Gasteiger partial charge in [0.15, 0.2) is 0 Å². The van der Waals surface area contributed by atoms with E-state index in [1.54, 1.807) is 0 Å². The maximum Gasteiger partial charge on any atom is 0.0363 e. The smallest absolute Gasteiger partial charge is 0.0363 e. The Labute approximate surface area is 75.5 Å². The Kier molecular flexibility index (Phi) is 1.92. The molecule has 0 aromatic rings.